The minimum atomic E-state index is -0.523. The van der Waals surface area contributed by atoms with Gasteiger partial charge < -0.3 is 18.9 Å². The van der Waals surface area contributed by atoms with Gasteiger partial charge in [0.15, 0.2) is 6.79 Å². The molecule has 0 N–H and O–H groups in total. The molecular formula is C12H14O5. The average Bonchev–Trinajstić information content (AvgIpc) is 2.37. The summed E-state index contributed by atoms with van der Waals surface area (Å²) < 4.78 is 19.8. The minimum Gasteiger partial charge on any atom is -0.468 e. The molecule has 0 atom stereocenters. The van der Waals surface area contributed by atoms with Crippen molar-refractivity contribution in [3.05, 3.63) is 36.9 Å². The minimum absolute atomic E-state index is 0.150. The topological polar surface area (TPSA) is 54.0 Å². The molecule has 92 valence electrons. The van der Waals surface area contributed by atoms with Gasteiger partial charge in [-0.15, -0.1) is 0 Å². The fourth-order valence-electron chi connectivity index (χ4n) is 0.974. The van der Waals surface area contributed by atoms with E-state index in [1.807, 2.05) is 0 Å². The first kappa shape index (κ1) is 13.1. The molecule has 1 aromatic rings. The molecular weight excluding hydrogens is 224 g/mol. The van der Waals surface area contributed by atoms with Gasteiger partial charge in [0.25, 0.3) is 0 Å². The predicted molar refractivity (Wildman–Crippen MR) is 60.7 cm³/mol. The van der Waals surface area contributed by atoms with Gasteiger partial charge in [-0.25, -0.2) is 4.79 Å². The third-order valence-corrected chi connectivity index (χ3v) is 1.76. The quantitative estimate of drug-likeness (QED) is 0.411. The molecule has 0 unspecified atom stereocenters. The summed E-state index contributed by atoms with van der Waals surface area (Å²) in [6.07, 6.45) is 1.07. The number of carbonyl (C=O) groups excluding carboxylic acids is 1. The molecule has 0 spiro atoms. The Kier molecular flexibility index (Phi) is 5.60. The van der Waals surface area contributed by atoms with E-state index in [-0.39, 0.29) is 13.6 Å². The Bertz CT molecular complexity index is 358. The highest BCUT2D eigenvalue weighted by atomic mass is 16.7. The maximum absolute atomic E-state index is 10.7. The fourth-order valence-corrected chi connectivity index (χ4v) is 0.974. The van der Waals surface area contributed by atoms with Crippen LogP contribution in [0, 0.1) is 0 Å². The van der Waals surface area contributed by atoms with Crippen LogP contribution >= 0.6 is 0 Å². The number of esters is 1. The molecule has 1 aromatic carbocycles. The monoisotopic (exact) mass is 238 g/mol. The van der Waals surface area contributed by atoms with E-state index >= 15 is 0 Å². The molecule has 0 saturated heterocycles. The Labute approximate surface area is 99.5 Å². The van der Waals surface area contributed by atoms with Crippen molar-refractivity contribution < 1.29 is 23.7 Å². The smallest absolute Gasteiger partial charge is 0.333 e. The van der Waals surface area contributed by atoms with Crippen molar-refractivity contribution in [1.29, 1.82) is 0 Å². The molecule has 0 fully saturated rings. The standard InChI is InChI=1S/C12H14O5/c1-3-12(13)17-9-16-11-6-4-10(5-7-11)15-8-14-2/h3-7H,1,8-9H2,2H3. The summed E-state index contributed by atoms with van der Waals surface area (Å²) in [6, 6.07) is 6.85. The lowest BCUT2D eigenvalue weighted by Gasteiger charge is -2.07. The van der Waals surface area contributed by atoms with E-state index in [1.165, 1.54) is 0 Å². The summed E-state index contributed by atoms with van der Waals surface area (Å²) in [6.45, 7) is 3.31. The number of rotatable bonds is 7. The van der Waals surface area contributed by atoms with Crippen molar-refractivity contribution in [2.75, 3.05) is 20.7 Å². The molecule has 0 aromatic heterocycles. The van der Waals surface area contributed by atoms with Gasteiger partial charge in [-0.3, -0.25) is 0 Å². The molecule has 0 heterocycles. The van der Waals surface area contributed by atoms with Crippen LogP contribution in [0.5, 0.6) is 11.5 Å². The van der Waals surface area contributed by atoms with E-state index in [4.69, 9.17) is 14.2 Å². The second-order valence-corrected chi connectivity index (χ2v) is 2.95. The van der Waals surface area contributed by atoms with E-state index in [0.717, 1.165) is 6.08 Å². The van der Waals surface area contributed by atoms with Crippen molar-refractivity contribution in [2.24, 2.45) is 0 Å². The third kappa shape index (κ3) is 5.03. The van der Waals surface area contributed by atoms with E-state index in [0.29, 0.717) is 11.5 Å². The fraction of sp³-hybridized carbons (Fsp3) is 0.250. The number of hydrogen-bond acceptors (Lipinski definition) is 5. The van der Waals surface area contributed by atoms with Crippen LogP contribution in [0.3, 0.4) is 0 Å². The van der Waals surface area contributed by atoms with Crippen LogP contribution in [0.15, 0.2) is 36.9 Å². The van der Waals surface area contributed by atoms with Crippen LogP contribution in [0.25, 0.3) is 0 Å². The summed E-state index contributed by atoms with van der Waals surface area (Å²) in [5.74, 6) is 0.721. The molecule has 5 heteroatoms. The van der Waals surface area contributed by atoms with Crippen molar-refractivity contribution in [3.63, 3.8) is 0 Å². The number of carbonyl (C=O) groups is 1. The number of methoxy groups -OCH3 is 1. The second-order valence-electron chi connectivity index (χ2n) is 2.95. The van der Waals surface area contributed by atoms with Crippen LogP contribution < -0.4 is 9.47 Å². The average molecular weight is 238 g/mol. The zero-order valence-corrected chi connectivity index (χ0v) is 9.55. The molecule has 0 radical (unpaired) electrons. The van der Waals surface area contributed by atoms with E-state index in [2.05, 4.69) is 11.3 Å². The SMILES string of the molecule is C=CC(=O)OCOc1ccc(OCOC)cc1. The summed E-state index contributed by atoms with van der Waals surface area (Å²) in [5, 5.41) is 0. The lowest BCUT2D eigenvalue weighted by Crippen LogP contribution is -2.07. The molecule has 0 aliphatic rings. The molecule has 0 aliphatic heterocycles. The molecule has 0 saturated carbocycles. The molecule has 0 amide bonds. The third-order valence-electron chi connectivity index (χ3n) is 1.76. The number of hydrogen-bond donors (Lipinski definition) is 0. The van der Waals surface area contributed by atoms with E-state index < -0.39 is 5.97 Å². The molecule has 17 heavy (non-hydrogen) atoms. The highest BCUT2D eigenvalue weighted by molar-refractivity contribution is 5.81. The van der Waals surface area contributed by atoms with Crippen LogP contribution in [0.2, 0.25) is 0 Å². The number of benzene rings is 1. The van der Waals surface area contributed by atoms with E-state index in [9.17, 15) is 4.79 Å². The Balaban J connectivity index is 2.34. The first-order valence-electron chi connectivity index (χ1n) is 4.90. The first-order chi connectivity index (χ1) is 8.26. The van der Waals surface area contributed by atoms with Crippen molar-refractivity contribution >= 4 is 5.97 Å². The van der Waals surface area contributed by atoms with Gasteiger partial charge in [0.1, 0.15) is 11.5 Å². The predicted octanol–water partition coefficient (Wildman–Crippen LogP) is 1.73. The maximum atomic E-state index is 10.7. The number of ether oxygens (including phenoxy) is 4. The van der Waals surface area contributed by atoms with Gasteiger partial charge in [-0.05, 0) is 24.3 Å². The van der Waals surface area contributed by atoms with Gasteiger partial charge >= 0.3 is 5.97 Å². The first-order valence-corrected chi connectivity index (χ1v) is 4.90. The van der Waals surface area contributed by atoms with Gasteiger partial charge in [-0.1, -0.05) is 6.58 Å². The van der Waals surface area contributed by atoms with Crippen LogP contribution in [-0.2, 0) is 14.3 Å². The van der Waals surface area contributed by atoms with Gasteiger partial charge in [0, 0.05) is 13.2 Å². The second kappa shape index (κ2) is 7.29. The van der Waals surface area contributed by atoms with Crippen molar-refractivity contribution in [1.82, 2.24) is 0 Å². The van der Waals surface area contributed by atoms with Crippen molar-refractivity contribution in [3.8, 4) is 11.5 Å². The van der Waals surface area contributed by atoms with Crippen LogP contribution in [0.4, 0.5) is 0 Å². The van der Waals surface area contributed by atoms with Crippen LogP contribution in [-0.4, -0.2) is 26.7 Å². The Morgan fingerprint density at radius 1 is 1.18 bits per heavy atom. The zero-order valence-electron chi connectivity index (χ0n) is 9.55. The molecule has 0 aliphatic carbocycles. The Morgan fingerprint density at radius 3 is 2.18 bits per heavy atom. The summed E-state index contributed by atoms with van der Waals surface area (Å²) in [4.78, 5) is 10.7. The maximum Gasteiger partial charge on any atom is 0.333 e. The summed E-state index contributed by atoms with van der Waals surface area (Å²) in [7, 11) is 1.55. The highest BCUT2D eigenvalue weighted by Crippen LogP contribution is 2.17. The Morgan fingerprint density at radius 2 is 1.71 bits per heavy atom. The molecule has 1 rings (SSSR count). The van der Waals surface area contributed by atoms with Gasteiger partial charge in [0.05, 0.1) is 0 Å². The van der Waals surface area contributed by atoms with Gasteiger partial charge in [0.2, 0.25) is 6.79 Å². The summed E-state index contributed by atoms with van der Waals surface area (Å²) >= 11 is 0. The normalized spacial score (nSPS) is 9.47. The zero-order chi connectivity index (χ0) is 12.5. The van der Waals surface area contributed by atoms with Gasteiger partial charge in [-0.2, -0.15) is 0 Å². The lowest BCUT2D eigenvalue weighted by atomic mass is 10.3. The van der Waals surface area contributed by atoms with Crippen molar-refractivity contribution in [2.45, 2.75) is 0 Å². The molecule has 0 bridgehead atoms. The Hall–Kier alpha value is -2.01. The lowest BCUT2D eigenvalue weighted by molar-refractivity contribution is -0.144. The highest BCUT2D eigenvalue weighted by Gasteiger charge is 1.98. The summed E-state index contributed by atoms with van der Waals surface area (Å²) in [5.41, 5.74) is 0. The van der Waals surface area contributed by atoms with E-state index in [1.54, 1.807) is 31.4 Å². The van der Waals surface area contributed by atoms with Crippen LogP contribution in [0.1, 0.15) is 0 Å². The largest absolute Gasteiger partial charge is 0.468 e. The molecule has 5 nitrogen and oxygen atoms in total.